The summed E-state index contributed by atoms with van der Waals surface area (Å²) in [6.07, 6.45) is 5.12. The number of aryl methyl sites for hydroxylation is 1. The second-order valence-electron chi connectivity index (χ2n) is 6.74. The lowest BCUT2D eigenvalue weighted by molar-refractivity contribution is 0.245. The molecule has 2 aliphatic rings. The number of hydrogen-bond acceptors (Lipinski definition) is 2. The molecule has 5 heteroatoms. The number of nitrogens with zero attached hydrogens (tertiary/aromatic N) is 2. The molecule has 0 amide bonds. The third kappa shape index (κ3) is 2.94. The first-order chi connectivity index (χ1) is 10.5. The molecule has 1 saturated heterocycles. The van der Waals surface area contributed by atoms with E-state index in [-0.39, 0.29) is 6.04 Å². The fourth-order valence-corrected chi connectivity index (χ4v) is 5.51. The Kier molecular flexibility index (Phi) is 4.57. The molecule has 1 aliphatic carbocycles. The van der Waals surface area contributed by atoms with E-state index in [0.29, 0.717) is 19.0 Å². The summed E-state index contributed by atoms with van der Waals surface area (Å²) in [6, 6.07) is 8.25. The van der Waals surface area contributed by atoms with E-state index in [1.807, 2.05) is 12.1 Å². The molecule has 2 atom stereocenters. The van der Waals surface area contributed by atoms with Crippen molar-refractivity contribution in [1.29, 1.82) is 0 Å². The second kappa shape index (κ2) is 6.30. The predicted molar refractivity (Wildman–Crippen MR) is 88.8 cm³/mol. The van der Waals surface area contributed by atoms with Crippen LogP contribution in [0.25, 0.3) is 0 Å². The average Bonchev–Trinajstić information content (AvgIpc) is 2.53. The van der Waals surface area contributed by atoms with Gasteiger partial charge < -0.3 is 0 Å². The third-order valence-corrected chi connectivity index (χ3v) is 7.05. The maximum Gasteiger partial charge on any atom is 0.282 e. The SMILES string of the molecule is CC1CCCN(S(=O)(=O)N(C)C2CCCc3ccccc32)C1. The maximum absolute atomic E-state index is 13.0. The number of piperidine rings is 1. The van der Waals surface area contributed by atoms with E-state index in [9.17, 15) is 8.42 Å². The molecule has 22 heavy (non-hydrogen) atoms. The van der Waals surface area contributed by atoms with Crippen LogP contribution in [0.15, 0.2) is 24.3 Å². The van der Waals surface area contributed by atoms with Gasteiger partial charge in [-0.15, -0.1) is 0 Å². The van der Waals surface area contributed by atoms with E-state index in [2.05, 4.69) is 19.1 Å². The molecular formula is C17H26N2O2S. The van der Waals surface area contributed by atoms with E-state index in [0.717, 1.165) is 32.1 Å². The van der Waals surface area contributed by atoms with Gasteiger partial charge in [-0.1, -0.05) is 31.2 Å². The van der Waals surface area contributed by atoms with Gasteiger partial charge in [0.1, 0.15) is 0 Å². The van der Waals surface area contributed by atoms with Crippen molar-refractivity contribution in [2.24, 2.45) is 5.92 Å². The molecule has 0 aromatic heterocycles. The first-order valence-electron chi connectivity index (χ1n) is 8.31. The summed E-state index contributed by atoms with van der Waals surface area (Å²) in [5, 5.41) is 0. The van der Waals surface area contributed by atoms with Crippen LogP contribution in [0.4, 0.5) is 0 Å². The van der Waals surface area contributed by atoms with E-state index in [1.54, 1.807) is 15.7 Å². The molecule has 1 fully saturated rings. The lowest BCUT2D eigenvalue weighted by Gasteiger charge is -2.38. The van der Waals surface area contributed by atoms with Gasteiger partial charge in [-0.2, -0.15) is 17.0 Å². The lowest BCUT2D eigenvalue weighted by Crippen LogP contribution is -2.47. The summed E-state index contributed by atoms with van der Waals surface area (Å²) in [4.78, 5) is 0. The Bertz CT molecular complexity index is 629. The average molecular weight is 322 g/mol. The highest BCUT2D eigenvalue weighted by atomic mass is 32.2. The van der Waals surface area contributed by atoms with Gasteiger partial charge in [-0.3, -0.25) is 0 Å². The van der Waals surface area contributed by atoms with Crippen molar-refractivity contribution in [2.75, 3.05) is 20.1 Å². The van der Waals surface area contributed by atoms with Crippen LogP contribution in [0.5, 0.6) is 0 Å². The van der Waals surface area contributed by atoms with Crippen LogP contribution in [-0.2, 0) is 16.6 Å². The van der Waals surface area contributed by atoms with Gasteiger partial charge in [-0.25, -0.2) is 0 Å². The molecule has 1 aromatic carbocycles. The summed E-state index contributed by atoms with van der Waals surface area (Å²) in [7, 11) is -1.62. The van der Waals surface area contributed by atoms with Crippen molar-refractivity contribution in [1.82, 2.24) is 8.61 Å². The van der Waals surface area contributed by atoms with Crippen LogP contribution in [-0.4, -0.2) is 37.2 Å². The molecule has 3 rings (SSSR count). The highest BCUT2D eigenvalue weighted by molar-refractivity contribution is 7.86. The van der Waals surface area contributed by atoms with Gasteiger partial charge in [0.25, 0.3) is 10.2 Å². The molecule has 122 valence electrons. The van der Waals surface area contributed by atoms with Gasteiger partial charge in [0.15, 0.2) is 0 Å². The molecule has 4 nitrogen and oxygen atoms in total. The van der Waals surface area contributed by atoms with Gasteiger partial charge in [-0.05, 0) is 49.1 Å². The Hall–Kier alpha value is -0.910. The standard InChI is InChI=1S/C17H26N2O2S/c1-14-7-6-12-19(13-14)22(20,21)18(2)17-11-5-9-15-8-3-4-10-16(15)17/h3-4,8,10,14,17H,5-7,9,11-13H2,1-2H3. The third-order valence-electron chi connectivity index (χ3n) is 5.09. The summed E-state index contributed by atoms with van der Waals surface area (Å²) in [5.41, 5.74) is 2.48. The van der Waals surface area contributed by atoms with Crippen molar-refractivity contribution in [3.63, 3.8) is 0 Å². The van der Waals surface area contributed by atoms with Crippen molar-refractivity contribution in [3.05, 3.63) is 35.4 Å². The van der Waals surface area contributed by atoms with Crippen molar-refractivity contribution < 1.29 is 8.42 Å². The Morgan fingerprint density at radius 2 is 1.95 bits per heavy atom. The summed E-state index contributed by atoms with van der Waals surface area (Å²) in [6.45, 7) is 3.45. The molecule has 1 heterocycles. The second-order valence-corrected chi connectivity index (χ2v) is 8.72. The lowest BCUT2D eigenvalue weighted by atomic mass is 9.88. The van der Waals surface area contributed by atoms with Gasteiger partial charge in [0.2, 0.25) is 0 Å². The van der Waals surface area contributed by atoms with Crippen LogP contribution in [0, 0.1) is 5.92 Å². The highest BCUT2D eigenvalue weighted by Crippen LogP contribution is 2.36. The Labute approximate surface area is 134 Å². The zero-order valence-electron chi connectivity index (χ0n) is 13.5. The van der Waals surface area contributed by atoms with E-state index >= 15 is 0 Å². The number of rotatable bonds is 3. The maximum atomic E-state index is 13.0. The smallest absolute Gasteiger partial charge is 0.195 e. The molecule has 0 bridgehead atoms. The summed E-state index contributed by atoms with van der Waals surface area (Å²) in [5.74, 6) is 0.454. The van der Waals surface area contributed by atoms with Gasteiger partial charge in [0.05, 0.1) is 6.04 Å². The molecule has 1 aliphatic heterocycles. The first kappa shape index (κ1) is 16.0. The van der Waals surface area contributed by atoms with Crippen LogP contribution < -0.4 is 0 Å². The Morgan fingerprint density at radius 1 is 1.18 bits per heavy atom. The molecule has 0 radical (unpaired) electrons. The minimum atomic E-state index is -3.37. The zero-order chi connectivity index (χ0) is 15.7. The van der Waals surface area contributed by atoms with Crippen LogP contribution in [0.2, 0.25) is 0 Å². The number of benzene rings is 1. The fraction of sp³-hybridized carbons (Fsp3) is 0.647. The monoisotopic (exact) mass is 322 g/mol. The quantitative estimate of drug-likeness (QED) is 0.858. The topological polar surface area (TPSA) is 40.6 Å². The van der Waals surface area contributed by atoms with Crippen LogP contribution >= 0.6 is 0 Å². The van der Waals surface area contributed by atoms with Crippen molar-refractivity contribution in [3.8, 4) is 0 Å². The first-order valence-corrected chi connectivity index (χ1v) is 9.70. The molecule has 0 saturated carbocycles. The van der Waals surface area contributed by atoms with Crippen molar-refractivity contribution in [2.45, 2.75) is 45.1 Å². The predicted octanol–water partition coefficient (Wildman–Crippen LogP) is 2.97. The van der Waals surface area contributed by atoms with Gasteiger partial charge >= 0.3 is 0 Å². The number of hydrogen-bond donors (Lipinski definition) is 0. The molecular weight excluding hydrogens is 296 g/mol. The zero-order valence-corrected chi connectivity index (χ0v) is 14.3. The fourth-order valence-electron chi connectivity index (χ4n) is 3.80. The minimum Gasteiger partial charge on any atom is -0.195 e. The van der Waals surface area contributed by atoms with Gasteiger partial charge in [0, 0.05) is 20.1 Å². The summed E-state index contributed by atoms with van der Waals surface area (Å²) >= 11 is 0. The Morgan fingerprint density at radius 3 is 2.73 bits per heavy atom. The minimum absolute atomic E-state index is 0.0211. The van der Waals surface area contributed by atoms with E-state index in [1.165, 1.54) is 11.1 Å². The summed E-state index contributed by atoms with van der Waals surface area (Å²) < 4.78 is 29.3. The van der Waals surface area contributed by atoms with E-state index < -0.39 is 10.2 Å². The molecule has 0 N–H and O–H groups in total. The molecule has 2 unspecified atom stereocenters. The van der Waals surface area contributed by atoms with Crippen LogP contribution in [0.1, 0.15) is 49.8 Å². The highest BCUT2D eigenvalue weighted by Gasteiger charge is 2.36. The van der Waals surface area contributed by atoms with Crippen molar-refractivity contribution >= 4 is 10.2 Å². The number of fused-ring (bicyclic) bond motifs is 1. The van der Waals surface area contributed by atoms with Crippen LogP contribution in [0.3, 0.4) is 0 Å². The van der Waals surface area contributed by atoms with E-state index in [4.69, 9.17) is 0 Å². The molecule has 0 spiro atoms. The Balaban J connectivity index is 1.86. The molecule has 1 aromatic rings. The largest absolute Gasteiger partial charge is 0.282 e. The normalized spacial score (nSPS) is 26.9.